The molecule has 1 unspecified atom stereocenters. The normalized spacial score (nSPS) is 12.4. The number of hydrogen-bond donors (Lipinski definition) is 1. The van der Waals surface area contributed by atoms with E-state index in [1.807, 2.05) is 31.2 Å². The van der Waals surface area contributed by atoms with Crippen molar-refractivity contribution in [3.63, 3.8) is 0 Å². The molecule has 4 heteroatoms. The van der Waals surface area contributed by atoms with Crippen molar-refractivity contribution in [2.24, 2.45) is 0 Å². The Kier molecular flexibility index (Phi) is 3.12. The lowest BCUT2D eigenvalue weighted by molar-refractivity contribution is 0.564. The van der Waals surface area contributed by atoms with Crippen molar-refractivity contribution in [2.45, 2.75) is 11.8 Å². The molecule has 0 saturated carbocycles. The van der Waals surface area contributed by atoms with Gasteiger partial charge in [-0.15, -0.1) is 0 Å². The minimum absolute atomic E-state index is 0.456. The molecule has 1 aromatic carbocycles. The first-order chi connectivity index (χ1) is 7.68. The number of nitrogens with zero attached hydrogens (tertiary/aromatic N) is 1. The molecule has 1 heterocycles. The zero-order chi connectivity index (χ0) is 11.5. The van der Waals surface area contributed by atoms with Gasteiger partial charge in [-0.25, -0.2) is 4.21 Å². The molecule has 1 atom stereocenters. The summed E-state index contributed by atoms with van der Waals surface area (Å²) in [5.74, 6) is 0. The van der Waals surface area contributed by atoms with Gasteiger partial charge in [0.1, 0.15) is 0 Å². The average Bonchev–Trinajstić information content (AvgIpc) is 2.29. The van der Waals surface area contributed by atoms with Crippen LogP contribution < -0.4 is 0 Å². The lowest BCUT2D eigenvalue weighted by Gasteiger charge is -2.05. The van der Waals surface area contributed by atoms with Crippen LogP contribution in [0.1, 0.15) is 5.56 Å². The molecular formula is C12H11NO2S. The molecule has 0 aliphatic rings. The van der Waals surface area contributed by atoms with Crippen molar-refractivity contribution >= 4 is 11.1 Å². The fraction of sp³-hybridized carbons (Fsp3) is 0.0833. The molecule has 0 radical (unpaired) electrons. The summed E-state index contributed by atoms with van der Waals surface area (Å²) < 4.78 is 20.0. The van der Waals surface area contributed by atoms with E-state index in [9.17, 15) is 4.21 Å². The summed E-state index contributed by atoms with van der Waals surface area (Å²) in [7, 11) is 0. The Hall–Kier alpha value is -1.52. The number of hydrogen-bond acceptors (Lipinski definition) is 2. The molecule has 0 fully saturated rings. The van der Waals surface area contributed by atoms with E-state index in [1.165, 1.54) is 0 Å². The summed E-state index contributed by atoms with van der Waals surface area (Å²) >= 11 is -1.92. The van der Waals surface area contributed by atoms with E-state index in [0.717, 1.165) is 16.7 Å². The summed E-state index contributed by atoms with van der Waals surface area (Å²) in [6.07, 6.45) is 3.45. The largest absolute Gasteiger partial charge is 0.302 e. The third-order valence-corrected chi connectivity index (χ3v) is 3.21. The van der Waals surface area contributed by atoms with E-state index in [4.69, 9.17) is 4.55 Å². The summed E-state index contributed by atoms with van der Waals surface area (Å²) in [5.41, 5.74) is 2.89. The van der Waals surface area contributed by atoms with Gasteiger partial charge in [0.15, 0.2) is 11.1 Å². The molecule has 0 saturated heterocycles. The predicted molar refractivity (Wildman–Crippen MR) is 63.4 cm³/mol. The van der Waals surface area contributed by atoms with E-state index in [1.54, 1.807) is 18.5 Å². The molecule has 0 amide bonds. The highest BCUT2D eigenvalue weighted by molar-refractivity contribution is 7.79. The van der Waals surface area contributed by atoms with E-state index in [0.29, 0.717) is 4.90 Å². The van der Waals surface area contributed by atoms with Gasteiger partial charge in [-0.3, -0.25) is 4.98 Å². The van der Waals surface area contributed by atoms with Crippen molar-refractivity contribution in [2.75, 3.05) is 0 Å². The number of aryl methyl sites for hydroxylation is 1. The topological polar surface area (TPSA) is 50.2 Å². The molecule has 0 aliphatic carbocycles. The maximum absolute atomic E-state index is 11.0. The number of pyridine rings is 1. The first kappa shape index (κ1) is 11.0. The van der Waals surface area contributed by atoms with E-state index in [-0.39, 0.29) is 0 Å². The molecule has 0 aliphatic heterocycles. The molecule has 2 aromatic rings. The maximum Gasteiger partial charge on any atom is 0.186 e. The van der Waals surface area contributed by atoms with Gasteiger partial charge in [0.2, 0.25) is 0 Å². The van der Waals surface area contributed by atoms with Gasteiger partial charge in [0, 0.05) is 12.4 Å². The van der Waals surface area contributed by atoms with Gasteiger partial charge in [-0.1, -0.05) is 12.1 Å². The molecule has 0 spiro atoms. The van der Waals surface area contributed by atoms with Crippen molar-refractivity contribution in [1.29, 1.82) is 0 Å². The third-order valence-electron chi connectivity index (χ3n) is 2.38. The quantitative estimate of drug-likeness (QED) is 0.811. The monoisotopic (exact) mass is 233 g/mol. The molecule has 3 nitrogen and oxygen atoms in total. The smallest absolute Gasteiger partial charge is 0.186 e. The first-order valence-corrected chi connectivity index (χ1v) is 5.91. The lowest BCUT2D eigenvalue weighted by Crippen LogP contribution is -1.92. The highest BCUT2D eigenvalue weighted by Crippen LogP contribution is 2.22. The SMILES string of the molecule is Cc1cc(-c2ccncc2)ccc1S(=O)O. The zero-order valence-electron chi connectivity index (χ0n) is 8.75. The van der Waals surface area contributed by atoms with Gasteiger partial charge in [-0.05, 0) is 41.8 Å². The fourth-order valence-corrected chi connectivity index (χ4v) is 2.09. The molecule has 0 bridgehead atoms. The van der Waals surface area contributed by atoms with Crippen LogP contribution in [0, 0.1) is 6.92 Å². The number of benzene rings is 1. The Labute approximate surface area is 96.5 Å². The second kappa shape index (κ2) is 4.55. The van der Waals surface area contributed by atoms with Gasteiger partial charge >= 0.3 is 0 Å². The van der Waals surface area contributed by atoms with Crippen LogP contribution in [0.2, 0.25) is 0 Å². The molecule has 1 aromatic heterocycles. The summed E-state index contributed by atoms with van der Waals surface area (Å²) in [6.45, 7) is 1.83. The fourth-order valence-electron chi connectivity index (χ4n) is 1.57. The molecule has 2 rings (SSSR count). The summed E-state index contributed by atoms with van der Waals surface area (Å²) in [5, 5.41) is 0. The molecular weight excluding hydrogens is 222 g/mol. The molecule has 1 N–H and O–H groups in total. The van der Waals surface area contributed by atoms with Gasteiger partial charge in [-0.2, -0.15) is 0 Å². The number of aromatic nitrogens is 1. The highest BCUT2D eigenvalue weighted by Gasteiger charge is 2.05. The van der Waals surface area contributed by atoms with Crippen molar-refractivity contribution in [1.82, 2.24) is 4.98 Å². The van der Waals surface area contributed by atoms with Crippen molar-refractivity contribution < 1.29 is 8.76 Å². The first-order valence-electron chi connectivity index (χ1n) is 4.80. The Morgan fingerprint density at radius 2 is 1.81 bits per heavy atom. The Morgan fingerprint density at radius 3 is 2.38 bits per heavy atom. The predicted octanol–water partition coefficient (Wildman–Crippen LogP) is 2.64. The maximum atomic E-state index is 11.0. The van der Waals surface area contributed by atoms with E-state index < -0.39 is 11.1 Å². The van der Waals surface area contributed by atoms with Crippen LogP contribution in [-0.2, 0) is 11.1 Å². The second-order valence-electron chi connectivity index (χ2n) is 3.47. The van der Waals surface area contributed by atoms with Crippen LogP contribution in [0.25, 0.3) is 11.1 Å². The lowest BCUT2D eigenvalue weighted by atomic mass is 10.1. The average molecular weight is 233 g/mol. The zero-order valence-corrected chi connectivity index (χ0v) is 9.57. The van der Waals surface area contributed by atoms with Crippen LogP contribution >= 0.6 is 0 Å². The second-order valence-corrected chi connectivity index (χ2v) is 4.40. The van der Waals surface area contributed by atoms with E-state index >= 15 is 0 Å². The Morgan fingerprint density at radius 1 is 1.12 bits per heavy atom. The van der Waals surface area contributed by atoms with Gasteiger partial charge < -0.3 is 4.55 Å². The minimum atomic E-state index is -1.92. The Bertz CT molecular complexity index is 526. The van der Waals surface area contributed by atoms with Crippen LogP contribution in [-0.4, -0.2) is 13.7 Å². The minimum Gasteiger partial charge on any atom is -0.302 e. The summed E-state index contributed by atoms with van der Waals surface area (Å²) in [4.78, 5) is 4.41. The highest BCUT2D eigenvalue weighted by atomic mass is 32.2. The third kappa shape index (κ3) is 2.18. The number of rotatable bonds is 2. The van der Waals surface area contributed by atoms with Crippen molar-refractivity contribution in [3.05, 3.63) is 48.3 Å². The van der Waals surface area contributed by atoms with Crippen LogP contribution in [0.15, 0.2) is 47.6 Å². The molecule has 82 valence electrons. The summed E-state index contributed by atoms with van der Waals surface area (Å²) in [6, 6.07) is 9.24. The van der Waals surface area contributed by atoms with Crippen LogP contribution in [0.3, 0.4) is 0 Å². The van der Waals surface area contributed by atoms with E-state index in [2.05, 4.69) is 4.98 Å². The molecule has 16 heavy (non-hydrogen) atoms. The Balaban J connectivity index is 2.46. The standard InChI is InChI=1S/C12H11NO2S/c1-9-8-11(2-3-12(9)16(14)15)10-4-6-13-7-5-10/h2-8H,1H3,(H,14,15). The van der Waals surface area contributed by atoms with Gasteiger partial charge in [0.05, 0.1) is 4.90 Å². The van der Waals surface area contributed by atoms with Crippen molar-refractivity contribution in [3.8, 4) is 11.1 Å². The van der Waals surface area contributed by atoms with Crippen LogP contribution in [0.5, 0.6) is 0 Å². The van der Waals surface area contributed by atoms with Gasteiger partial charge in [0.25, 0.3) is 0 Å². The van der Waals surface area contributed by atoms with Crippen LogP contribution in [0.4, 0.5) is 0 Å².